The van der Waals surface area contributed by atoms with Gasteiger partial charge in [0.2, 0.25) is 0 Å². The van der Waals surface area contributed by atoms with Gasteiger partial charge in [-0.25, -0.2) is 9.37 Å². The number of esters is 1. The first kappa shape index (κ1) is 14.5. The number of ether oxygens (including phenoxy) is 1. The van der Waals surface area contributed by atoms with Crippen LogP contribution in [0.4, 0.5) is 4.39 Å². The van der Waals surface area contributed by atoms with Crippen LogP contribution in [-0.2, 0) is 21.5 Å². The summed E-state index contributed by atoms with van der Waals surface area (Å²) in [7, 11) is 0. The summed E-state index contributed by atoms with van der Waals surface area (Å²) in [4.78, 5) is 16.6. The highest BCUT2D eigenvalue weighted by atomic mass is 19.1. The van der Waals surface area contributed by atoms with E-state index >= 15 is 0 Å². The third-order valence-corrected chi connectivity index (χ3v) is 3.37. The van der Waals surface area contributed by atoms with Crippen LogP contribution in [0.3, 0.4) is 0 Å². The van der Waals surface area contributed by atoms with Crippen molar-refractivity contribution in [3.63, 3.8) is 0 Å². The van der Waals surface area contributed by atoms with Gasteiger partial charge in [-0.3, -0.25) is 4.79 Å². The first-order valence-corrected chi connectivity index (χ1v) is 6.75. The summed E-state index contributed by atoms with van der Waals surface area (Å²) >= 11 is 0. The smallest absolute Gasteiger partial charge is 0.319 e. The van der Waals surface area contributed by atoms with Crippen molar-refractivity contribution in [2.75, 3.05) is 6.61 Å². The predicted molar refractivity (Wildman–Crippen MR) is 75.0 cm³/mol. The largest absolute Gasteiger partial charge is 0.465 e. The van der Waals surface area contributed by atoms with Crippen LogP contribution in [-0.4, -0.2) is 22.1 Å². The summed E-state index contributed by atoms with van der Waals surface area (Å²) in [5.41, 5.74) is 0.502. The van der Waals surface area contributed by atoms with Crippen molar-refractivity contribution in [1.82, 2.24) is 9.55 Å². The van der Waals surface area contributed by atoms with Gasteiger partial charge in [-0.2, -0.15) is 0 Å². The minimum atomic E-state index is -0.873. The number of halogens is 1. The van der Waals surface area contributed by atoms with Crippen molar-refractivity contribution < 1.29 is 13.9 Å². The second-order valence-corrected chi connectivity index (χ2v) is 5.16. The fraction of sp³-hybridized carbons (Fsp3) is 0.467. The van der Waals surface area contributed by atoms with Gasteiger partial charge in [0.15, 0.2) is 0 Å². The Morgan fingerprint density at radius 1 is 1.40 bits per heavy atom. The Hall–Kier alpha value is -1.91. The van der Waals surface area contributed by atoms with Crippen LogP contribution in [0.1, 0.15) is 33.5 Å². The van der Waals surface area contributed by atoms with E-state index in [0.717, 1.165) is 5.52 Å². The van der Waals surface area contributed by atoms with Crippen LogP contribution in [0.25, 0.3) is 11.0 Å². The average molecular weight is 278 g/mol. The Balaban J connectivity index is 2.61. The zero-order valence-electron chi connectivity index (χ0n) is 12.2. The molecule has 2 aromatic rings. The normalized spacial score (nSPS) is 11.8. The van der Waals surface area contributed by atoms with Crippen molar-refractivity contribution in [3.05, 3.63) is 29.8 Å². The zero-order valence-corrected chi connectivity index (χ0v) is 12.2. The number of aryl methyl sites for hydroxylation is 1. The average Bonchev–Trinajstić information content (AvgIpc) is 2.77. The molecule has 2 rings (SSSR count). The summed E-state index contributed by atoms with van der Waals surface area (Å²) in [6.07, 6.45) is 0. The van der Waals surface area contributed by atoms with E-state index in [1.54, 1.807) is 26.8 Å². The standard InChI is InChI=1S/C15H19FN2O2/c1-5-18-12-8-7-10(16)9-11(12)17-13(18)15(3,4)14(19)20-6-2/h7-9H,5-6H2,1-4H3. The fourth-order valence-electron chi connectivity index (χ4n) is 2.30. The van der Waals surface area contributed by atoms with Gasteiger partial charge in [-0.1, -0.05) is 0 Å². The number of fused-ring (bicyclic) bond motifs is 1. The second kappa shape index (κ2) is 5.23. The molecule has 0 aliphatic carbocycles. The highest BCUT2D eigenvalue weighted by molar-refractivity contribution is 5.84. The third-order valence-electron chi connectivity index (χ3n) is 3.37. The molecule has 0 aliphatic heterocycles. The van der Waals surface area contributed by atoms with Crippen LogP contribution in [0, 0.1) is 5.82 Å². The lowest BCUT2D eigenvalue weighted by Gasteiger charge is -2.22. The number of carbonyl (C=O) groups excluding carboxylic acids is 1. The Bertz CT molecular complexity index is 647. The number of rotatable bonds is 4. The van der Waals surface area contributed by atoms with E-state index in [9.17, 15) is 9.18 Å². The van der Waals surface area contributed by atoms with Crippen LogP contribution in [0.15, 0.2) is 18.2 Å². The lowest BCUT2D eigenvalue weighted by molar-refractivity contribution is -0.149. The number of aromatic nitrogens is 2. The van der Waals surface area contributed by atoms with Crippen LogP contribution in [0.2, 0.25) is 0 Å². The fourth-order valence-corrected chi connectivity index (χ4v) is 2.30. The van der Waals surface area contributed by atoms with Crippen molar-refractivity contribution in [2.45, 2.75) is 39.7 Å². The van der Waals surface area contributed by atoms with Gasteiger partial charge in [-0.05, 0) is 39.8 Å². The van der Waals surface area contributed by atoms with Crippen molar-refractivity contribution in [2.24, 2.45) is 0 Å². The Kier molecular flexibility index (Phi) is 3.79. The van der Waals surface area contributed by atoms with Gasteiger partial charge >= 0.3 is 5.97 Å². The van der Waals surface area contributed by atoms with Gasteiger partial charge < -0.3 is 9.30 Å². The number of imidazole rings is 1. The molecule has 1 aromatic heterocycles. The third kappa shape index (κ3) is 2.28. The van der Waals surface area contributed by atoms with Gasteiger partial charge in [0, 0.05) is 12.6 Å². The first-order chi connectivity index (χ1) is 9.41. The first-order valence-electron chi connectivity index (χ1n) is 6.75. The second-order valence-electron chi connectivity index (χ2n) is 5.16. The molecule has 0 aliphatic rings. The maximum absolute atomic E-state index is 13.3. The highest BCUT2D eigenvalue weighted by Crippen LogP contribution is 2.28. The van der Waals surface area contributed by atoms with E-state index in [1.165, 1.54) is 12.1 Å². The topological polar surface area (TPSA) is 44.1 Å². The van der Waals surface area contributed by atoms with E-state index in [0.29, 0.717) is 24.5 Å². The Morgan fingerprint density at radius 2 is 2.10 bits per heavy atom. The van der Waals surface area contributed by atoms with Crippen molar-refractivity contribution in [1.29, 1.82) is 0 Å². The van der Waals surface area contributed by atoms with E-state index in [4.69, 9.17) is 4.74 Å². The molecule has 0 amide bonds. The quantitative estimate of drug-likeness (QED) is 0.807. The van der Waals surface area contributed by atoms with E-state index in [2.05, 4.69) is 4.98 Å². The summed E-state index contributed by atoms with van der Waals surface area (Å²) in [5, 5.41) is 0. The van der Waals surface area contributed by atoms with Gasteiger partial charge in [0.05, 0.1) is 17.6 Å². The molecular weight excluding hydrogens is 259 g/mol. The SMILES string of the molecule is CCOC(=O)C(C)(C)c1nc2cc(F)ccc2n1CC. The van der Waals surface area contributed by atoms with Gasteiger partial charge in [-0.15, -0.1) is 0 Å². The molecule has 0 radical (unpaired) electrons. The molecule has 20 heavy (non-hydrogen) atoms. The molecule has 5 heteroatoms. The van der Waals surface area contributed by atoms with Crippen LogP contribution in [0.5, 0.6) is 0 Å². The number of carbonyl (C=O) groups is 1. The summed E-state index contributed by atoms with van der Waals surface area (Å²) in [6, 6.07) is 4.47. The van der Waals surface area contributed by atoms with Crippen LogP contribution < -0.4 is 0 Å². The molecular formula is C15H19FN2O2. The lowest BCUT2D eigenvalue weighted by atomic mass is 9.92. The minimum Gasteiger partial charge on any atom is -0.465 e. The predicted octanol–water partition coefficient (Wildman–Crippen LogP) is 3.04. The maximum atomic E-state index is 13.3. The highest BCUT2D eigenvalue weighted by Gasteiger charge is 2.36. The zero-order chi connectivity index (χ0) is 14.9. The Morgan fingerprint density at radius 3 is 2.70 bits per heavy atom. The molecule has 0 spiro atoms. The summed E-state index contributed by atoms with van der Waals surface area (Å²) in [6.45, 7) is 8.26. The number of hydrogen-bond donors (Lipinski definition) is 0. The van der Waals surface area contributed by atoms with E-state index in [1.807, 2.05) is 11.5 Å². The minimum absolute atomic E-state index is 0.323. The van der Waals surface area contributed by atoms with Gasteiger partial charge in [0.25, 0.3) is 0 Å². The number of hydrogen-bond acceptors (Lipinski definition) is 3. The van der Waals surface area contributed by atoms with Crippen LogP contribution >= 0.6 is 0 Å². The molecule has 0 saturated heterocycles. The molecule has 1 aromatic carbocycles. The monoisotopic (exact) mass is 278 g/mol. The molecule has 108 valence electrons. The maximum Gasteiger partial charge on any atom is 0.319 e. The van der Waals surface area contributed by atoms with E-state index < -0.39 is 5.41 Å². The Labute approximate surface area is 117 Å². The summed E-state index contributed by atoms with van der Waals surface area (Å²) in [5.74, 6) is -0.0664. The summed E-state index contributed by atoms with van der Waals surface area (Å²) < 4.78 is 20.4. The molecule has 0 fully saturated rings. The number of benzene rings is 1. The van der Waals surface area contributed by atoms with Crippen molar-refractivity contribution in [3.8, 4) is 0 Å². The van der Waals surface area contributed by atoms with Crippen molar-refractivity contribution >= 4 is 17.0 Å². The molecule has 4 nitrogen and oxygen atoms in total. The van der Waals surface area contributed by atoms with E-state index in [-0.39, 0.29) is 11.8 Å². The molecule has 0 bridgehead atoms. The molecule has 1 heterocycles. The molecule has 0 unspecified atom stereocenters. The molecule has 0 N–H and O–H groups in total. The molecule has 0 saturated carbocycles. The van der Waals surface area contributed by atoms with Gasteiger partial charge in [0.1, 0.15) is 17.1 Å². The lowest BCUT2D eigenvalue weighted by Crippen LogP contribution is -2.34. The molecule has 0 atom stereocenters. The number of nitrogens with zero attached hydrogens (tertiary/aromatic N) is 2.